The average molecular weight is 392 g/mol. The Kier molecular flexibility index (Phi) is 5.99. The molecular formula is C22H33NO5. The van der Waals surface area contributed by atoms with Crippen molar-refractivity contribution in [3.8, 4) is 0 Å². The molecule has 0 aromatic rings. The topological polar surface area (TPSA) is 83.9 Å². The molecule has 156 valence electrons. The average Bonchev–Trinajstić information content (AvgIpc) is 2.66. The molecule has 2 aliphatic carbocycles. The lowest BCUT2D eigenvalue weighted by atomic mass is 9.50. The van der Waals surface area contributed by atoms with Gasteiger partial charge >= 0.3 is 5.97 Å². The van der Waals surface area contributed by atoms with Crippen LogP contribution in [0.2, 0.25) is 0 Å². The van der Waals surface area contributed by atoms with Gasteiger partial charge in [0, 0.05) is 12.5 Å². The minimum atomic E-state index is -1.41. The number of carbonyl (C=O) groups excluding carboxylic acids is 3. The van der Waals surface area contributed by atoms with Crippen molar-refractivity contribution in [1.82, 2.24) is 4.90 Å². The van der Waals surface area contributed by atoms with Crippen molar-refractivity contribution in [2.75, 3.05) is 13.7 Å². The van der Waals surface area contributed by atoms with Crippen molar-refractivity contribution in [3.63, 3.8) is 0 Å². The lowest BCUT2D eigenvalue weighted by Gasteiger charge is -2.53. The highest BCUT2D eigenvalue weighted by molar-refractivity contribution is 6.10. The standard InChI is InChI=1S/C22H33NO5/c1-5-6-15-9-8-14-11-13(2)7-10-16(14)22(15,3)19(25)18-20(26)23(4)17(12-24)21(27)28-18/h5-6,13-18,24H,7-12H2,1-4H3/b6-5+/t13-,14-,15-,16-,17-,18-,22-/m1/s1. The summed E-state index contributed by atoms with van der Waals surface area (Å²) in [6.45, 7) is 5.68. The highest BCUT2D eigenvalue weighted by Gasteiger charge is 2.58. The van der Waals surface area contributed by atoms with E-state index in [-0.39, 0.29) is 17.6 Å². The van der Waals surface area contributed by atoms with Crippen LogP contribution < -0.4 is 0 Å². The van der Waals surface area contributed by atoms with E-state index in [1.807, 2.05) is 19.9 Å². The number of ether oxygens (including phenoxy) is 1. The fourth-order valence-electron chi connectivity index (χ4n) is 5.86. The molecule has 1 aliphatic heterocycles. The first-order valence-electron chi connectivity index (χ1n) is 10.5. The largest absolute Gasteiger partial charge is 0.442 e. The van der Waals surface area contributed by atoms with Gasteiger partial charge in [0.1, 0.15) is 0 Å². The highest BCUT2D eigenvalue weighted by atomic mass is 16.6. The normalized spacial score (nSPS) is 41.7. The van der Waals surface area contributed by atoms with Gasteiger partial charge in [-0.25, -0.2) is 4.79 Å². The second kappa shape index (κ2) is 7.97. The predicted octanol–water partition coefficient (Wildman–Crippen LogP) is 2.34. The molecule has 3 rings (SSSR count). The summed E-state index contributed by atoms with van der Waals surface area (Å²) in [6.07, 6.45) is 7.81. The maximum Gasteiger partial charge on any atom is 0.332 e. The van der Waals surface area contributed by atoms with Crippen LogP contribution in [0.1, 0.15) is 52.9 Å². The number of morpholine rings is 1. The molecule has 28 heavy (non-hydrogen) atoms. The predicted molar refractivity (Wildman–Crippen MR) is 104 cm³/mol. The molecule has 2 saturated carbocycles. The number of aliphatic hydroxyl groups excluding tert-OH is 1. The Morgan fingerprint density at radius 3 is 2.64 bits per heavy atom. The molecular weight excluding hydrogens is 358 g/mol. The molecule has 0 aromatic heterocycles. The second-order valence-corrected chi connectivity index (χ2v) is 9.11. The van der Waals surface area contributed by atoms with Crippen LogP contribution >= 0.6 is 0 Å². The first-order chi connectivity index (χ1) is 13.2. The monoisotopic (exact) mass is 391 g/mol. The summed E-state index contributed by atoms with van der Waals surface area (Å²) >= 11 is 0. The highest BCUT2D eigenvalue weighted by Crippen LogP contribution is 2.56. The van der Waals surface area contributed by atoms with Crippen LogP contribution in [0.3, 0.4) is 0 Å². The van der Waals surface area contributed by atoms with Gasteiger partial charge in [-0.2, -0.15) is 0 Å². The lowest BCUT2D eigenvalue weighted by molar-refractivity contribution is -0.186. The summed E-state index contributed by atoms with van der Waals surface area (Å²) in [5.41, 5.74) is -0.733. The van der Waals surface area contributed by atoms with Crippen molar-refractivity contribution in [2.45, 2.75) is 65.0 Å². The minimum absolute atomic E-state index is 0.0343. The number of ketones is 1. The summed E-state index contributed by atoms with van der Waals surface area (Å²) in [6, 6.07) is -1.04. The van der Waals surface area contributed by atoms with E-state index < -0.39 is 36.0 Å². The van der Waals surface area contributed by atoms with Crippen LogP contribution in [0.5, 0.6) is 0 Å². The molecule has 6 heteroatoms. The van der Waals surface area contributed by atoms with E-state index in [1.54, 1.807) is 0 Å². The number of amides is 1. The molecule has 0 unspecified atom stereocenters. The Labute approximate surface area is 167 Å². The summed E-state index contributed by atoms with van der Waals surface area (Å²) in [7, 11) is 1.45. The van der Waals surface area contributed by atoms with E-state index in [4.69, 9.17) is 4.74 Å². The summed E-state index contributed by atoms with van der Waals surface area (Å²) in [5.74, 6) is -0.165. The Morgan fingerprint density at radius 1 is 1.29 bits per heavy atom. The zero-order valence-corrected chi connectivity index (χ0v) is 17.4. The van der Waals surface area contributed by atoms with E-state index in [9.17, 15) is 19.5 Å². The SMILES string of the molecule is C/C=C/[C@@H]1CC[C@@H]2C[C@H](C)CC[C@H]2[C@]1(C)C(=O)[C@H]1OC(=O)[C@@H](CO)N(C)C1=O. The number of esters is 1. The summed E-state index contributed by atoms with van der Waals surface area (Å²) < 4.78 is 5.32. The van der Waals surface area contributed by atoms with Gasteiger partial charge in [-0.05, 0) is 56.3 Å². The van der Waals surface area contributed by atoms with Crippen LogP contribution in [-0.2, 0) is 19.1 Å². The van der Waals surface area contributed by atoms with Crippen LogP contribution in [0.15, 0.2) is 12.2 Å². The molecule has 1 heterocycles. The van der Waals surface area contributed by atoms with Crippen molar-refractivity contribution in [1.29, 1.82) is 0 Å². The summed E-state index contributed by atoms with van der Waals surface area (Å²) in [4.78, 5) is 40.0. The number of nitrogens with zero attached hydrogens (tertiary/aromatic N) is 1. The number of allylic oxidation sites excluding steroid dienone is 2. The molecule has 1 amide bonds. The van der Waals surface area contributed by atoms with Gasteiger partial charge in [-0.3, -0.25) is 9.59 Å². The van der Waals surface area contributed by atoms with Crippen LogP contribution in [0, 0.1) is 29.1 Å². The molecule has 0 radical (unpaired) electrons. The van der Waals surface area contributed by atoms with Gasteiger partial charge in [-0.1, -0.05) is 32.4 Å². The van der Waals surface area contributed by atoms with E-state index in [0.717, 1.165) is 37.0 Å². The van der Waals surface area contributed by atoms with Crippen LogP contribution in [0.4, 0.5) is 0 Å². The number of fused-ring (bicyclic) bond motifs is 1. The van der Waals surface area contributed by atoms with Gasteiger partial charge in [0.05, 0.1) is 6.61 Å². The number of likely N-dealkylation sites (N-methyl/N-ethyl adjacent to an activating group) is 1. The molecule has 6 nitrogen and oxygen atoms in total. The summed E-state index contributed by atoms with van der Waals surface area (Å²) in [5, 5.41) is 9.38. The number of carbonyl (C=O) groups is 3. The Hall–Kier alpha value is -1.69. The molecule has 0 aromatic carbocycles. The third-order valence-corrected chi connectivity index (χ3v) is 7.55. The number of hydrogen-bond acceptors (Lipinski definition) is 5. The quantitative estimate of drug-likeness (QED) is 0.452. The third kappa shape index (κ3) is 3.30. The van der Waals surface area contributed by atoms with Crippen molar-refractivity contribution >= 4 is 17.7 Å². The molecule has 3 aliphatic rings. The Bertz CT molecular complexity index is 674. The fourth-order valence-corrected chi connectivity index (χ4v) is 5.86. The maximum absolute atomic E-state index is 13.8. The molecule has 1 N–H and O–H groups in total. The number of hydrogen-bond donors (Lipinski definition) is 1. The molecule has 0 spiro atoms. The maximum atomic E-state index is 13.8. The van der Waals surface area contributed by atoms with Gasteiger partial charge in [-0.15, -0.1) is 0 Å². The van der Waals surface area contributed by atoms with E-state index in [2.05, 4.69) is 13.0 Å². The third-order valence-electron chi connectivity index (χ3n) is 7.55. The number of aliphatic hydroxyl groups is 1. The molecule has 7 atom stereocenters. The molecule has 3 fully saturated rings. The van der Waals surface area contributed by atoms with E-state index in [1.165, 1.54) is 7.05 Å². The smallest absolute Gasteiger partial charge is 0.332 e. The first-order valence-corrected chi connectivity index (χ1v) is 10.5. The zero-order valence-electron chi connectivity index (χ0n) is 17.4. The van der Waals surface area contributed by atoms with Gasteiger partial charge < -0.3 is 14.7 Å². The minimum Gasteiger partial charge on any atom is -0.442 e. The number of Topliss-reactive ketones (excluding diaryl/α,β-unsaturated/α-hetero) is 1. The van der Waals surface area contributed by atoms with Crippen LogP contribution in [-0.4, -0.2) is 53.5 Å². The second-order valence-electron chi connectivity index (χ2n) is 9.11. The first kappa shape index (κ1) is 21.0. The van der Waals surface area contributed by atoms with Gasteiger partial charge in [0.15, 0.2) is 11.8 Å². The van der Waals surface area contributed by atoms with E-state index in [0.29, 0.717) is 11.8 Å². The van der Waals surface area contributed by atoms with Crippen LogP contribution in [0.25, 0.3) is 0 Å². The van der Waals surface area contributed by atoms with Gasteiger partial charge in [0.25, 0.3) is 5.91 Å². The van der Waals surface area contributed by atoms with E-state index >= 15 is 0 Å². The van der Waals surface area contributed by atoms with Crippen molar-refractivity contribution in [3.05, 3.63) is 12.2 Å². The fraction of sp³-hybridized carbons (Fsp3) is 0.773. The van der Waals surface area contributed by atoms with Crippen molar-refractivity contribution in [2.24, 2.45) is 29.1 Å². The van der Waals surface area contributed by atoms with Gasteiger partial charge in [0.2, 0.25) is 6.10 Å². The number of cyclic esters (lactones) is 1. The lowest BCUT2D eigenvalue weighted by Crippen LogP contribution is -2.62. The Morgan fingerprint density at radius 2 is 2.00 bits per heavy atom. The molecule has 1 saturated heterocycles. The Balaban J connectivity index is 1.95. The molecule has 0 bridgehead atoms. The van der Waals surface area contributed by atoms with Crippen molar-refractivity contribution < 1.29 is 24.2 Å². The zero-order chi connectivity index (χ0) is 20.6. The number of rotatable bonds is 4.